The molecule has 2 saturated heterocycles. The molecule has 0 aliphatic carbocycles. The second-order valence-corrected chi connectivity index (χ2v) is 8.29. The number of carboxylic acid groups (broad SMARTS) is 1. The minimum absolute atomic E-state index is 0.0691. The van der Waals surface area contributed by atoms with Crippen LogP contribution in [0.5, 0.6) is 0 Å². The molecule has 0 unspecified atom stereocenters. The number of nitrogens with zero attached hydrogens (tertiary/aromatic N) is 2. The van der Waals surface area contributed by atoms with Crippen molar-refractivity contribution in [2.45, 2.75) is 39.7 Å². The van der Waals surface area contributed by atoms with Crippen LogP contribution in [0.1, 0.15) is 43.9 Å². The molecule has 2 aliphatic heterocycles. The highest BCUT2D eigenvalue weighted by atomic mass is 16.4. The summed E-state index contributed by atoms with van der Waals surface area (Å²) < 4.78 is 0. The van der Waals surface area contributed by atoms with Crippen molar-refractivity contribution in [3.63, 3.8) is 0 Å². The van der Waals surface area contributed by atoms with Crippen LogP contribution >= 0.6 is 0 Å². The van der Waals surface area contributed by atoms with Gasteiger partial charge in [-0.15, -0.1) is 0 Å². The Hall–Kier alpha value is -1.88. The van der Waals surface area contributed by atoms with E-state index in [0.717, 1.165) is 26.1 Å². The minimum atomic E-state index is -0.776. The SMILES string of the molecule is Cc1ccccc1[C@@H]1[C@H]2CN(CC(=O)O)C[C@H]2CN1C(=O)CCC(C)C. The summed E-state index contributed by atoms with van der Waals surface area (Å²) in [7, 11) is 0. The summed E-state index contributed by atoms with van der Waals surface area (Å²) in [5, 5.41) is 9.12. The van der Waals surface area contributed by atoms with Gasteiger partial charge in [0.25, 0.3) is 0 Å². The maximum absolute atomic E-state index is 13.0. The first-order valence-electron chi connectivity index (χ1n) is 9.66. The number of benzene rings is 1. The summed E-state index contributed by atoms with van der Waals surface area (Å²) in [6.07, 6.45) is 1.51. The van der Waals surface area contributed by atoms with Crippen molar-refractivity contribution in [2.75, 3.05) is 26.2 Å². The first kappa shape index (κ1) is 18.9. The monoisotopic (exact) mass is 358 g/mol. The number of carboxylic acids is 1. The van der Waals surface area contributed by atoms with E-state index in [9.17, 15) is 9.59 Å². The van der Waals surface area contributed by atoms with Gasteiger partial charge in [0.2, 0.25) is 5.91 Å². The fraction of sp³-hybridized carbons (Fsp3) is 0.619. The first-order valence-corrected chi connectivity index (χ1v) is 9.66. The van der Waals surface area contributed by atoms with E-state index < -0.39 is 5.97 Å². The van der Waals surface area contributed by atoms with Crippen LogP contribution in [0, 0.1) is 24.7 Å². The first-order chi connectivity index (χ1) is 12.4. The lowest BCUT2D eigenvalue weighted by Gasteiger charge is -2.31. The van der Waals surface area contributed by atoms with Crippen LogP contribution in [0.2, 0.25) is 0 Å². The predicted molar refractivity (Wildman–Crippen MR) is 101 cm³/mol. The summed E-state index contributed by atoms with van der Waals surface area (Å²) in [5.74, 6) is 0.665. The predicted octanol–water partition coefficient (Wildman–Crippen LogP) is 2.95. The van der Waals surface area contributed by atoms with Crippen molar-refractivity contribution in [3.8, 4) is 0 Å². The molecular weight excluding hydrogens is 328 g/mol. The van der Waals surface area contributed by atoms with Crippen LogP contribution < -0.4 is 0 Å². The maximum Gasteiger partial charge on any atom is 0.317 e. The van der Waals surface area contributed by atoms with Gasteiger partial charge >= 0.3 is 5.97 Å². The number of carbonyl (C=O) groups excluding carboxylic acids is 1. The van der Waals surface area contributed by atoms with Gasteiger partial charge in [0.15, 0.2) is 0 Å². The molecule has 0 radical (unpaired) electrons. The normalized spacial score (nSPS) is 25.7. The highest BCUT2D eigenvalue weighted by molar-refractivity contribution is 5.77. The molecule has 142 valence electrons. The zero-order valence-electron chi connectivity index (χ0n) is 16.0. The molecule has 3 rings (SSSR count). The average Bonchev–Trinajstić information content (AvgIpc) is 3.09. The number of rotatable bonds is 6. The van der Waals surface area contributed by atoms with Crippen molar-refractivity contribution in [2.24, 2.45) is 17.8 Å². The van der Waals surface area contributed by atoms with Crippen LogP contribution in [0.15, 0.2) is 24.3 Å². The van der Waals surface area contributed by atoms with Crippen molar-refractivity contribution >= 4 is 11.9 Å². The van der Waals surface area contributed by atoms with Crippen LogP contribution in [-0.2, 0) is 9.59 Å². The number of aryl methyl sites for hydroxylation is 1. The molecule has 1 amide bonds. The Bertz CT molecular complexity index is 673. The topological polar surface area (TPSA) is 60.9 Å². The number of likely N-dealkylation sites (tertiary alicyclic amines) is 2. The van der Waals surface area contributed by atoms with E-state index in [1.165, 1.54) is 11.1 Å². The maximum atomic E-state index is 13.0. The minimum Gasteiger partial charge on any atom is -0.480 e. The molecule has 3 atom stereocenters. The summed E-state index contributed by atoms with van der Waals surface area (Å²) in [4.78, 5) is 28.2. The Morgan fingerprint density at radius 1 is 1.19 bits per heavy atom. The molecular formula is C21H30N2O3. The lowest BCUT2D eigenvalue weighted by atomic mass is 9.87. The van der Waals surface area contributed by atoms with Gasteiger partial charge in [-0.25, -0.2) is 0 Å². The summed E-state index contributed by atoms with van der Waals surface area (Å²) in [5.41, 5.74) is 2.42. The molecule has 0 bridgehead atoms. The Morgan fingerprint density at radius 3 is 2.58 bits per heavy atom. The lowest BCUT2D eigenvalue weighted by molar-refractivity contribution is -0.138. The van der Waals surface area contributed by atoms with Crippen molar-refractivity contribution < 1.29 is 14.7 Å². The van der Waals surface area contributed by atoms with Crippen LogP contribution in [0.3, 0.4) is 0 Å². The Kier molecular flexibility index (Phi) is 5.66. The van der Waals surface area contributed by atoms with E-state index in [1.807, 2.05) is 17.0 Å². The zero-order valence-corrected chi connectivity index (χ0v) is 16.0. The quantitative estimate of drug-likeness (QED) is 0.849. The molecule has 1 N–H and O–H groups in total. The van der Waals surface area contributed by atoms with Gasteiger partial charge in [0.05, 0.1) is 12.6 Å². The fourth-order valence-corrected chi connectivity index (χ4v) is 4.59. The Balaban J connectivity index is 1.84. The largest absolute Gasteiger partial charge is 0.480 e. The van der Waals surface area contributed by atoms with Gasteiger partial charge < -0.3 is 10.0 Å². The molecule has 0 saturated carbocycles. The van der Waals surface area contributed by atoms with E-state index in [-0.39, 0.29) is 18.5 Å². The summed E-state index contributed by atoms with van der Waals surface area (Å²) in [6, 6.07) is 8.37. The lowest BCUT2D eigenvalue weighted by Crippen LogP contribution is -2.37. The van der Waals surface area contributed by atoms with Gasteiger partial charge in [-0.05, 0) is 36.3 Å². The van der Waals surface area contributed by atoms with E-state index in [0.29, 0.717) is 24.2 Å². The summed E-state index contributed by atoms with van der Waals surface area (Å²) >= 11 is 0. The molecule has 2 heterocycles. The molecule has 0 spiro atoms. The third-order valence-electron chi connectivity index (χ3n) is 5.86. The van der Waals surface area contributed by atoms with Gasteiger partial charge in [0.1, 0.15) is 0 Å². The van der Waals surface area contributed by atoms with Crippen LogP contribution in [0.4, 0.5) is 0 Å². The molecule has 0 aromatic heterocycles. The van der Waals surface area contributed by atoms with Gasteiger partial charge in [-0.1, -0.05) is 38.1 Å². The third kappa shape index (κ3) is 3.93. The van der Waals surface area contributed by atoms with Crippen molar-refractivity contribution in [1.82, 2.24) is 9.80 Å². The smallest absolute Gasteiger partial charge is 0.317 e. The average molecular weight is 358 g/mol. The number of hydrogen-bond acceptors (Lipinski definition) is 3. The highest BCUT2D eigenvalue weighted by Gasteiger charge is 2.49. The third-order valence-corrected chi connectivity index (χ3v) is 5.86. The summed E-state index contributed by atoms with van der Waals surface area (Å²) in [6.45, 7) is 8.76. The molecule has 26 heavy (non-hydrogen) atoms. The van der Waals surface area contributed by atoms with Crippen LogP contribution in [-0.4, -0.2) is 53.0 Å². The molecule has 1 aromatic rings. The number of amides is 1. The molecule has 2 fully saturated rings. The number of hydrogen-bond donors (Lipinski definition) is 1. The van der Waals surface area contributed by atoms with Gasteiger partial charge in [-0.3, -0.25) is 14.5 Å². The van der Waals surface area contributed by atoms with Crippen LogP contribution in [0.25, 0.3) is 0 Å². The van der Waals surface area contributed by atoms with Crippen molar-refractivity contribution in [1.29, 1.82) is 0 Å². The second kappa shape index (κ2) is 7.78. The van der Waals surface area contributed by atoms with Crippen molar-refractivity contribution in [3.05, 3.63) is 35.4 Å². The van der Waals surface area contributed by atoms with E-state index in [1.54, 1.807) is 0 Å². The molecule has 1 aromatic carbocycles. The molecule has 2 aliphatic rings. The number of fused-ring (bicyclic) bond motifs is 1. The molecule has 5 nitrogen and oxygen atoms in total. The number of aliphatic carboxylic acids is 1. The van der Waals surface area contributed by atoms with Gasteiger partial charge in [0, 0.05) is 32.0 Å². The van der Waals surface area contributed by atoms with Gasteiger partial charge in [-0.2, -0.15) is 0 Å². The standard InChI is InChI=1S/C21H30N2O3/c1-14(2)8-9-19(24)23-11-16-10-22(13-20(25)26)12-18(16)21(23)17-7-5-4-6-15(17)3/h4-7,14,16,18,21H,8-13H2,1-3H3,(H,25,26)/t16-,18-,21+/m0/s1. The zero-order chi connectivity index (χ0) is 18.8. The van der Waals surface area contributed by atoms with E-state index in [4.69, 9.17) is 5.11 Å². The number of carbonyl (C=O) groups is 2. The second-order valence-electron chi connectivity index (χ2n) is 8.29. The van der Waals surface area contributed by atoms with E-state index in [2.05, 4.69) is 37.8 Å². The Labute approximate surface area is 156 Å². The Morgan fingerprint density at radius 2 is 1.92 bits per heavy atom. The fourth-order valence-electron chi connectivity index (χ4n) is 4.59. The molecule has 5 heteroatoms. The highest BCUT2D eigenvalue weighted by Crippen LogP contribution is 2.46. The van der Waals surface area contributed by atoms with E-state index >= 15 is 0 Å².